The van der Waals surface area contributed by atoms with Crippen LogP contribution in [0.2, 0.25) is 0 Å². The fourth-order valence-electron chi connectivity index (χ4n) is 3.08. The Labute approximate surface area is 182 Å². The molecule has 0 aliphatic rings. The van der Waals surface area contributed by atoms with Crippen LogP contribution in [0.5, 0.6) is 0 Å². The summed E-state index contributed by atoms with van der Waals surface area (Å²) in [4.78, 5) is 12.5. The number of hydrogen-bond acceptors (Lipinski definition) is 5. The maximum Gasteiger partial charge on any atom is 0.416 e. The van der Waals surface area contributed by atoms with Gasteiger partial charge in [-0.25, -0.2) is 0 Å². The van der Waals surface area contributed by atoms with E-state index in [0.717, 1.165) is 33.8 Å². The summed E-state index contributed by atoms with van der Waals surface area (Å²) in [7, 11) is 1.38. The highest BCUT2D eigenvalue weighted by Gasteiger charge is 2.30. The number of carbonyl (C=O) groups excluding carboxylic acids is 1. The predicted octanol–water partition coefficient (Wildman–Crippen LogP) is 6.63. The van der Waals surface area contributed by atoms with Gasteiger partial charge in [-0.05, 0) is 42.7 Å². The van der Waals surface area contributed by atoms with Crippen molar-refractivity contribution >= 4 is 17.7 Å². The van der Waals surface area contributed by atoms with E-state index in [1.54, 1.807) is 11.8 Å². The molecule has 0 bridgehead atoms. The summed E-state index contributed by atoms with van der Waals surface area (Å²) in [6, 6.07) is 12.8. The molecule has 3 aromatic rings. The van der Waals surface area contributed by atoms with E-state index in [1.165, 1.54) is 19.2 Å². The molecule has 0 aliphatic heterocycles. The highest BCUT2D eigenvalue weighted by molar-refractivity contribution is 7.98. The molecule has 2 aromatic carbocycles. The number of halogens is 3. The molecule has 164 valence electrons. The Bertz CT molecular complexity index is 1030. The minimum atomic E-state index is -4.37. The van der Waals surface area contributed by atoms with Crippen LogP contribution in [0.25, 0.3) is 11.3 Å². The molecule has 0 N–H and O–H groups in total. The predicted molar refractivity (Wildman–Crippen MR) is 113 cm³/mol. The lowest BCUT2D eigenvalue weighted by Crippen LogP contribution is -2.05. The Morgan fingerprint density at radius 1 is 1.13 bits per heavy atom. The standard InChI is InChI=1S/C23H22F3NO3S/c1-14(12-21(28)29-3)16-6-10-19(11-7-16)31-13-20-15(2)22(30-27-20)17-4-8-18(9-5-17)23(24,25)26/h4-11,14H,12-13H2,1-3H3/t14-/m0/s1. The first-order chi connectivity index (χ1) is 14.7. The SMILES string of the molecule is COC(=O)C[C@H](C)c1ccc(SCc2noc(-c3ccc(C(F)(F)F)cc3)c2C)cc1. The van der Waals surface area contributed by atoms with Gasteiger partial charge in [0.15, 0.2) is 5.76 Å². The van der Waals surface area contributed by atoms with Gasteiger partial charge >= 0.3 is 12.1 Å². The third-order valence-corrected chi connectivity index (χ3v) is 6.04. The molecule has 0 aliphatic carbocycles. The van der Waals surface area contributed by atoms with Gasteiger partial charge in [0.05, 0.1) is 24.8 Å². The van der Waals surface area contributed by atoms with Crippen molar-refractivity contribution in [2.24, 2.45) is 0 Å². The number of esters is 1. The number of ether oxygens (including phenoxy) is 1. The number of alkyl halides is 3. The summed E-state index contributed by atoms with van der Waals surface area (Å²) < 4.78 is 48.4. The second-order valence-electron chi connectivity index (χ2n) is 7.20. The van der Waals surface area contributed by atoms with Crippen LogP contribution in [0.4, 0.5) is 13.2 Å². The summed E-state index contributed by atoms with van der Waals surface area (Å²) in [6.07, 6.45) is -4.04. The first-order valence-electron chi connectivity index (χ1n) is 9.61. The van der Waals surface area contributed by atoms with Gasteiger partial charge in [0.25, 0.3) is 0 Å². The largest absolute Gasteiger partial charge is 0.469 e. The van der Waals surface area contributed by atoms with Gasteiger partial charge in [-0.2, -0.15) is 13.2 Å². The second-order valence-corrected chi connectivity index (χ2v) is 8.25. The Kier molecular flexibility index (Phi) is 7.10. The van der Waals surface area contributed by atoms with Gasteiger partial charge in [-0.1, -0.05) is 36.3 Å². The summed E-state index contributed by atoms with van der Waals surface area (Å²) in [5, 5.41) is 4.10. The van der Waals surface area contributed by atoms with Gasteiger partial charge in [0.1, 0.15) is 0 Å². The molecule has 0 amide bonds. The summed E-state index contributed by atoms with van der Waals surface area (Å²) >= 11 is 1.58. The van der Waals surface area contributed by atoms with Gasteiger partial charge in [-0.3, -0.25) is 4.79 Å². The van der Waals surface area contributed by atoms with E-state index in [-0.39, 0.29) is 11.9 Å². The zero-order valence-corrected chi connectivity index (χ0v) is 18.1. The molecule has 1 aromatic heterocycles. The maximum atomic E-state index is 12.7. The number of benzene rings is 2. The zero-order chi connectivity index (χ0) is 22.6. The van der Waals surface area contributed by atoms with Crippen LogP contribution in [0.3, 0.4) is 0 Å². The van der Waals surface area contributed by atoms with E-state index in [9.17, 15) is 18.0 Å². The van der Waals surface area contributed by atoms with Gasteiger partial charge in [0, 0.05) is 21.8 Å². The minimum Gasteiger partial charge on any atom is -0.469 e. The smallest absolute Gasteiger partial charge is 0.416 e. The molecule has 0 spiro atoms. The molecule has 8 heteroatoms. The van der Waals surface area contributed by atoms with Crippen LogP contribution in [0, 0.1) is 6.92 Å². The average molecular weight is 449 g/mol. The number of hydrogen-bond donors (Lipinski definition) is 0. The van der Waals surface area contributed by atoms with E-state index in [2.05, 4.69) is 5.16 Å². The molecule has 1 atom stereocenters. The highest BCUT2D eigenvalue weighted by Crippen LogP contribution is 2.34. The highest BCUT2D eigenvalue weighted by atomic mass is 32.2. The van der Waals surface area contributed by atoms with Crippen LogP contribution in [-0.4, -0.2) is 18.2 Å². The molecule has 1 heterocycles. The van der Waals surface area contributed by atoms with Crippen molar-refractivity contribution in [3.05, 3.63) is 70.9 Å². The van der Waals surface area contributed by atoms with Crippen molar-refractivity contribution < 1.29 is 27.2 Å². The van der Waals surface area contributed by atoms with E-state index < -0.39 is 11.7 Å². The van der Waals surface area contributed by atoms with Crippen LogP contribution in [-0.2, 0) is 21.5 Å². The van der Waals surface area contributed by atoms with Crippen LogP contribution in [0.15, 0.2) is 57.9 Å². The number of nitrogens with zero attached hydrogens (tertiary/aromatic N) is 1. The molecule has 4 nitrogen and oxygen atoms in total. The molecule has 0 radical (unpaired) electrons. The summed E-state index contributed by atoms with van der Waals surface area (Å²) in [5.41, 5.74) is 2.45. The monoisotopic (exact) mass is 449 g/mol. The Morgan fingerprint density at radius 3 is 2.35 bits per heavy atom. The van der Waals surface area contributed by atoms with Crippen molar-refractivity contribution in [1.82, 2.24) is 5.16 Å². The minimum absolute atomic E-state index is 0.0653. The maximum absolute atomic E-state index is 12.7. The molecule has 0 saturated carbocycles. The average Bonchev–Trinajstić information content (AvgIpc) is 3.12. The second kappa shape index (κ2) is 9.60. The van der Waals surface area contributed by atoms with E-state index >= 15 is 0 Å². The molecule has 0 unspecified atom stereocenters. The summed E-state index contributed by atoms with van der Waals surface area (Å²) in [6.45, 7) is 3.82. The topological polar surface area (TPSA) is 52.3 Å². The van der Waals surface area contributed by atoms with Gasteiger partial charge in [0.2, 0.25) is 0 Å². The number of carbonyl (C=O) groups is 1. The Balaban J connectivity index is 1.64. The van der Waals surface area contributed by atoms with E-state index in [1.807, 2.05) is 38.1 Å². The zero-order valence-electron chi connectivity index (χ0n) is 17.3. The molecule has 0 fully saturated rings. The number of methoxy groups -OCH3 is 1. The third kappa shape index (κ3) is 5.70. The normalized spacial score (nSPS) is 12.6. The van der Waals surface area contributed by atoms with E-state index in [0.29, 0.717) is 23.5 Å². The lowest BCUT2D eigenvalue weighted by atomic mass is 9.98. The van der Waals surface area contributed by atoms with Crippen molar-refractivity contribution in [3.63, 3.8) is 0 Å². The molecular formula is C23H22F3NO3S. The van der Waals surface area contributed by atoms with Gasteiger partial charge < -0.3 is 9.26 Å². The molecule has 0 saturated heterocycles. The first kappa shape index (κ1) is 22.9. The first-order valence-corrected chi connectivity index (χ1v) is 10.6. The quantitative estimate of drug-likeness (QED) is 0.299. The van der Waals surface area contributed by atoms with Gasteiger partial charge in [-0.15, -0.1) is 11.8 Å². The lowest BCUT2D eigenvalue weighted by molar-refractivity contribution is -0.141. The molecule has 31 heavy (non-hydrogen) atoms. The Hall–Kier alpha value is -2.74. The van der Waals surface area contributed by atoms with Crippen LogP contribution >= 0.6 is 11.8 Å². The number of thioether (sulfide) groups is 1. The van der Waals surface area contributed by atoms with Crippen molar-refractivity contribution in [1.29, 1.82) is 0 Å². The Morgan fingerprint density at radius 2 is 1.77 bits per heavy atom. The lowest BCUT2D eigenvalue weighted by Gasteiger charge is -2.11. The third-order valence-electron chi connectivity index (χ3n) is 5.02. The van der Waals surface area contributed by atoms with Crippen LogP contribution in [0.1, 0.15) is 41.6 Å². The number of rotatable bonds is 7. The fourth-order valence-corrected chi connectivity index (χ4v) is 3.98. The molecular weight excluding hydrogens is 427 g/mol. The number of aromatic nitrogens is 1. The van der Waals surface area contributed by atoms with Crippen molar-refractivity contribution in [2.75, 3.05) is 7.11 Å². The summed E-state index contributed by atoms with van der Waals surface area (Å²) in [5.74, 6) is 0.857. The van der Waals surface area contributed by atoms with Crippen LogP contribution < -0.4 is 0 Å². The van der Waals surface area contributed by atoms with Crippen molar-refractivity contribution in [2.45, 2.75) is 43.0 Å². The van der Waals surface area contributed by atoms with Crippen molar-refractivity contribution in [3.8, 4) is 11.3 Å². The fraction of sp³-hybridized carbons (Fsp3) is 0.304. The molecule has 3 rings (SSSR count). The van der Waals surface area contributed by atoms with E-state index in [4.69, 9.17) is 9.26 Å².